The minimum Gasteiger partial charge on any atom is -0.459 e. The third-order valence-corrected chi connectivity index (χ3v) is 2.93. The number of furan rings is 1. The minimum atomic E-state index is -0.647. The van der Waals surface area contributed by atoms with E-state index in [9.17, 15) is 4.79 Å². The van der Waals surface area contributed by atoms with Crippen molar-refractivity contribution in [2.24, 2.45) is 0 Å². The lowest BCUT2D eigenvalue weighted by Crippen LogP contribution is -2.12. The maximum Gasteiger partial charge on any atom is 0.349 e. The molecular formula is C18H17NO3. The summed E-state index contributed by atoms with van der Waals surface area (Å²) in [6.45, 7) is 5.48. The van der Waals surface area contributed by atoms with Crippen LogP contribution in [0.2, 0.25) is 0 Å². The first-order valence-electron chi connectivity index (χ1n) is 6.99. The van der Waals surface area contributed by atoms with Gasteiger partial charge in [-0.2, -0.15) is 5.26 Å². The van der Waals surface area contributed by atoms with E-state index in [1.54, 1.807) is 26.0 Å². The maximum atomic E-state index is 11.7. The van der Waals surface area contributed by atoms with Gasteiger partial charge in [0, 0.05) is 11.6 Å². The van der Waals surface area contributed by atoms with Crippen molar-refractivity contribution in [2.75, 3.05) is 0 Å². The number of carbonyl (C=O) groups excluding carboxylic acids is 1. The van der Waals surface area contributed by atoms with Crippen molar-refractivity contribution in [2.45, 2.75) is 26.9 Å². The Morgan fingerprint density at radius 3 is 2.50 bits per heavy atom. The average Bonchev–Trinajstić information content (AvgIpc) is 2.93. The van der Waals surface area contributed by atoms with Crippen LogP contribution in [-0.2, 0) is 9.53 Å². The van der Waals surface area contributed by atoms with E-state index >= 15 is 0 Å². The summed E-state index contributed by atoms with van der Waals surface area (Å²) in [6, 6.07) is 13.3. The molecule has 1 heterocycles. The molecule has 4 heteroatoms. The van der Waals surface area contributed by atoms with Gasteiger partial charge in [-0.3, -0.25) is 0 Å². The number of nitriles is 1. The van der Waals surface area contributed by atoms with Crippen LogP contribution >= 0.6 is 0 Å². The lowest BCUT2D eigenvalue weighted by atomic mass is 10.1. The molecule has 0 aliphatic heterocycles. The molecule has 0 aliphatic carbocycles. The normalized spacial score (nSPS) is 11.3. The second kappa shape index (κ2) is 6.77. The molecule has 0 spiro atoms. The highest BCUT2D eigenvalue weighted by atomic mass is 16.5. The molecule has 2 rings (SSSR count). The van der Waals surface area contributed by atoms with Crippen LogP contribution in [0.25, 0.3) is 17.4 Å². The summed E-state index contributed by atoms with van der Waals surface area (Å²) in [4.78, 5) is 11.7. The number of hydrogen-bond acceptors (Lipinski definition) is 4. The summed E-state index contributed by atoms with van der Waals surface area (Å²) in [7, 11) is 0. The Morgan fingerprint density at radius 1 is 1.23 bits per heavy atom. The van der Waals surface area contributed by atoms with Crippen molar-refractivity contribution in [3.63, 3.8) is 0 Å². The zero-order valence-electron chi connectivity index (χ0n) is 12.8. The van der Waals surface area contributed by atoms with Gasteiger partial charge >= 0.3 is 5.97 Å². The van der Waals surface area contributed by atoms with Gasteiger partial charge in [0.25, 0.3) is 0 Å². The van der Waals surface area contributed by atoms with Crippen molar-refractivity contribution >= 4 is 12.0 Å². The van der Waals surface area contributed by atoms with E-state index in [-0.39, 0.29) is 11.7 Å². The molecule has 112 valence electrons. The van der Waals surface area contributed by atoms with E-state index in [2.05, 4.69) is 0 Å². The molecule has 1 aromatic carbocycles. The molecule has 4 nitrogen and oxygen atoms in total. The number of carbonyl (C=O) groups is 1. The molecule has 0 N–H and O–H groups in total. The van der Waals surface area contributed by atoms with Crippen LogP contribution in [0.5, 0.6) is 0 Å². The van der Waals surface area contributed by atoms with E-state index in [4.69, 9.17) is 14.4 Å². The van der Waals surface area contributed by atoms with Crippen LogP contribution in [0.15, 0.2) is 46.4 Å². The quantitative estimate of drug-likeness (QED) is 0.483. The molecule has 0 unspecified atom stereocenters. The van der Waals surface area contributed by atoms with E-state index in [0.717, 1.165) is 5.56 Å². The smallest absolute Gasteiger partial charge is 0.349 e. The Morgan fingerprint density at radius 2 is 1.91 bits per heavy atom. The minimum absolute atomic E-state index is 0.0847. The van der Waals surface area contributed by atoms with Gasteiger partial charge in [0.2, 0.25) is 0 Å². The van der Waals surface area contributed by atoms with Crippen LogP contribution in [0, 0.1) is 18.3 Å². The fourth-order valence-electron chi connectivity index (χ4n) is 1.86. The molecule has 22 heavy (non-hydrogen) atoms. The highest BCUT2D eigenvalue weighted by Crippen LogP contribution is 2.23. The summed E-state index contributed by atoms with van der Waals surface area (Å²) in [5, 5.41) is 9.06. The van der Waals surface area contributed by atoms with Crippen molar-refractivity contribution < 1.29 is 13.9 Å². The monoisotopic (exact) mass is 295 g/mol. The molecule has 0 saturated heterocycles. The van der Waals surface area contributed by atoms with Gasteiger partial charge in [0.15, 0.2) is 0 Å². The lowest BCUT2D eigenvalue weighted by Gasteiger charge is -2.05. The fourth-order valence-corrected chi connectivity index (χ4v) is 1.86. The zero-order valence-corrected chi connectivity index (χ0v) is 12.8. The van der Waals surface area contributed by atoms with Crippen LogP contribution in [0.1, 0.15) is 25.2 Å². The van der Waals surface area contributed by atoms with E-state index < -0.39 is 5.97 Å². The summed E-state index contributed by atoms with van der Waals surface area (Å²) < 4.78 is 10.7. The third-order valence-electron chi connectivity index (χ3n) is 2.93. The summed E-state index contributed by atoms with van der Waals surface area (Å²) in [5.74, 6) is 0.472. The first kappa shape index (κ1) is 15.6. The van der Waals surface area contributed by atoms with Gasteiger partial charge in [0.05, 0.1) is 6.10 Å². The SMILES string of the molecule is Cc1ccc(-c2ccc(C=C(C#N)C(=O)OC(C)C)o2)cc1. The fraction of sp³-hybridized carbons (Fsp3) is 0.222. The molecule has 0 aliphatic rings. The van der Waals surface area contributed by atoms with Gasteiger partial charge in [0.1, 0.15) is 23.2 Å². The van der Waals surface area contributed by atoms with Gasteiger partial charge in [-0.25, -0.2) is 4.79 Å². The molecule has 0 radical (unpaired) electrons. The van der Waals surface area contributed by atoms with E-state index in [1.807, 2.05) is 37.3 Å². The second-order valence-electron chi connectivity index (χ2n) is 5.19. The highest BCUT2D eigenvalue weighted by Gasteiger charge is 2.13. The van der Waals surface area contributed by atoms with Crippen LogP contribution < -0.4 is 0 Å². The Kier molecular flexibility index (Phi) is 4.80. The molecular weight excluding hydrogens is 278 g/mol. The van der Waals surface area contributed by atoms with Crippen LogP contribution in [-0.4, -0.2) is 12.1 Å². The van der Waals surface area contributed by atoms with Gasteiger partial charge in [-0.15, -0.1) is 0 Å². The standard InChI is InChI=1S/C18H17NO3/c1-12(2)21-18(20)15(11-19)10-16-8-9-17(22-16)14-6-4-13(3)5-7-14/h4-10,12H,1-3H3. The number of rotatable bonds is 4. The molecule has 0 fully saturated rings. The Labute approximate surface area is 129 Å². The second-order valence-corrected chi connectivity index (χ2v) is 5.19. The van der Waals surface area contributed by atoms with Crippen LogP contribution in [0.3, 0.4) is 0 Å². The molecule has 2 aromatic rings. The Bertz CT molecular complexity index is 730. The Hall–Kier alpha value is -2.80. The number of ether oxygens (including phenoxy) is 1. The number of nitrogens with zero attached hydrogens (tertiary/aromatic N) is 1. The molecule has 1 aromatic heterocycles. The first-order valence-corrected chi connectivity index (χ1v) is 6.99. The summed E-state index contributed by atoms with van der Waals surface area (Å²) >= 11 is 0. The predicted molar refractivity (Wildman–Crippen MR) is 83.7 cm³/mol. The van der Waals surface area contributed by atoms with Crippen molar-refractivity contribution in [3.8, 4) is 17.4 Å². The largest absolute Gasteiger partial charge is 0.459 e. The molecule has 0 saturated carbocycles. The summed E-state index contributed by atoms with van der Waals surface area (Å²) in [5.41, 5.74) is 2.02. The average molecular weight is 295 g/mol. The van der Waals surface area contributed by atoms with Gasteiger partial charge in [-0.05, 0) is 32.9 Å². The van der Waals surface area contributed by atoms with E-state index in [0.29, 0.717) is 11.5 Å². The molecule has 0 bridgehead atoms. The topological polar surface area (TPSA) is 63.2 Å². The van der Waals surface area contributed by atoms with Gasteiger partial charge < -0.3 is 9.15 Å². The number of hydrogen-bond donors (Lipinski definition) is 0. The number of benzene rings is 1. The first-order chi connectivity index (χ1) is 10.5. The van der Waals surface area contributed by atoms with Crippen molar-refractivity contribution in [1.29, 1.82) is 5.26 Å². The van der Waals surface area contributed by atoms with Gasteiger partial charge in [-0.1, -0.05) is 29.8 Å². The van der Waals surface area contributed by atoms with Crippen molar-refractivity contribution in [1.82, 2.24) is 0 Å². The lowest BCUT2D eigenvalue weighted by molar-refractivity contribution is -0.142. The summed E-state index contributed by atoms with van der Waals surface area (Å²) in [6.07, 6.45) is 1.12. The predicted octanol–water partition coefficient (Wildman–Crippen LogP) is 4.11. The number of esters is 1. The Balaban J connectivity index is 2.23. The molecule has 0 atom stereocenters. The number of aryl methyl sites for hydroxylation is 1. The van der Waals surface area contributed by atoms with Crippen LogP contribution in [0.4, 0.5) is 0 Å². The third kappa shape index (κ3) is 3.86. The highest BCUT2D eigenvalue weighted by molar-refractivity contribution is 5.97. The van der Waals surface area contributed by atoms with Crippen molar-refractivity contribution in [3.05, 3.63) is 53.3 Å². The van der Waals surface area contributed by atoms with E-state index in [1.165, 1.54) is 11.6 Å². The molecule has 0 amide bonds. The maximum absolute atomic E-state index is 11.7. The zero-order chi connectivity index (χ0) is 16.1.